The Morgan fingerprint density at radius 1 is 0.538 bits per heavy atom. The molecule has 0 aromatic heterocycles. The molecule has 3 aliphatic heterocycles. The second-order valence-corrected chi connectivity index (χ2v) is 23.0. The van der Waals surface area contributed by atoms with Crippen LogP contribution in [0.25, 0.3) is 0 Å². The minimum absolute atomic E-state index is 0.00453. The van der Waals surface area contributed by atoms with Crippen molar-refractivity contribution in [3.05, 3.63) is 71.8 Å². The number of aliphatic hydroxyl groups excluding tert-OH is 1. The van der Waals surface area contributed by atoms with E-state index in [2.05, 4.69) is 60.5 Å². The van der Waals surface area contributed by atoms with Crippen LogP contribution in [0.1, 0.15) is 94.6 Å². The van der Waals surface area contributed by atoms with E-state index in [-0.39, 0.29) is 102 Å². The minimum Gasteiger partial charge on any atom is -0.480 e. The number of carboxylic acid groups (broad SMARTS) is 1. The number of rotatable bonds is 36. The molecule has 0 saturated carbocycles. The predicted molar refractivity (Wildman–Crippen MR) is 337 cm³/mol. The summed E-state index contributed by atoms with van der Waals surface area (Å²) >= 11 is 4.01. The van der Waals surface area contributed by atoms with Crippen molar-refractivity contribution < 1.29 is 63.0 Å². The lowest BCUT2D eigenvalue weighted by Gasteiger charge is -2.33. The molecule has 0 radical (unpaired) electrons. The normalized spacial score (nSPS) is 18.4. The molecule has 5 rings (SSSR count). The van der Waals surface area contributed by atoms with Gasteiger partial charge in [-0.05, 0) is 94.7 Å². The quantitative estimate of drug-likeness (QED) is 0.0132. The molecule has 31 nitrogen and oxygen atoms in total. The maximum Gasteiger partial charge on any atom is 0.327 e. The fraction of sp³-hybridized carbons (Fsp3) is 0.576. The maximum atomic E-state index is 14.4. The molecule has 0 aliphatic carbocycles. The van der Waals surface area contributed by atoms with Gasteiger partial charge in [-0.15, -0.1) is 0 Å². The molecule has 2 aromatic rings. The Morgan fingerprint density at radius 3 is 1.53 bits per heavy atom. The number of guanidine groups is 2. The van der Waals surface area contributed by atoms with E-state index in [0.29, 0.717) is 62.6 Å². The Morgan fingerprint density at radius 2 is 1.00 bits per heavy atom. The topological polar surface area (TPSA) is 498 Å². The van der Waals surface area contributed by atoms with Gasteiger partial charge in [-0.1, -0.05) is 67.1 Å². The van der Waals surface area contributed by atoms with Gasteiger partial charge in [-0.2, -0.15) is 12.6 Å². The molecule has 0 spiro atoms. The number of nitrogens with zero attached hydrogens (tertiary/aromatic N) is 3. The molecule has 3 aliphatic rings. The summed E-state index contributed by atoms with van der Waals surface area (Å²) in [6.45, 7) is -0.414. The van der Waals surface area contributed by atoms with Gasteiger partial charge < -0.3 is 95.7 Å². The van der Waals surface area contributed by atoms with Gasteiger partial charge >= 0.3 is 5.97 Å². The van der Waals surface area contributed by atoms with Crippen LogP contribution in [-0.4, -0.2) is 220 Å². The van der Waals surface area contributed by atoms with E-state index >= 15 is 0 Å². The van der Waals surface area contributed by atoms with Crippen molar-refractivity contribution in [1.82, 2.24) is 62.6 Å². The van der Waals surface area contributed by atoms with E-state index in [1.54, 1.807) is 60.7 Å². The Bertz CT molecular complexity index is 2840. The number of unbranched alkanes of at least 4 members (excludes halogenated alkanes) is 1. The van der Waals surface area contributed by atoms with Crippen molar-refractivity contribution in [3.8, 4) is 0 Å². The molecule has 91 heavy (non-hydrogen) atoms. The summed E-state index contributed by atoms with van der Waals surface area (Å²) in [5.41, 5.74) is 23.8. The highest BCUT2D eigenvalue weighted by Crippen LogP contribution is 2.27. The summed E-state index contributed by atoms with van der Waals surface area (Å²) in [5.74, 6) is -9.47. The average Bonchev–Trinajstić information content (AvgIpc) is 1.80. The molecule has 3 saturated heterocycles. The van der Waals surface area contributed by atoms with Gasteiger partial charge in [0.1, 0.15) is 54.4 Å². The largest absolute Gasteiger partial charge is 0.480 e. The van der Waals surface area contributed by atoms with Gasteiger partial charge in [0.05, 0.1) is 19.2 Å². The lowest BCUT2D eigenvalue weighted by Crippen LogP contribution is -2.60. The first-order valence-corrected chi connectivity index (χ1v) is 31.3. The Hall–Kier alpha value is -8.62. The monoisotopic (exact) mass is 1290 g/mol. The summed E-state index contributed by atoms with van der Waals surface area (Å²) in [7, 11) is 0. The molecule has 21 N–H and O–H groups in total. The lowest BCUT2D eigenvalue weighted by atomic mass is 10.0. The summed E-state index contributed by atoms with van der Waals surface area (Å²) < 4.78 is 0. The zero-order valence-electron chi connectivity index (χ0n) is 51.0. The van der Waals surface area contributed by atoms with Gasteiger partial charge in [-0.3, -0.25) is 58.8 Å². The number of aliphatic hydroxyl groups is 1. The number of aliphatic carboxylic acids is 1. The minimum atomic E-state index is -1.64. The number of amides is 10. The number of nitrogens with one attached hydrogen (secondary N) is 11. The number of likely N-dealkylation sites (tertiary alicyclic amines) is 3. The van der Waals surface area contributed by atoms with Crippen molar-refractivity contribution in [2.24, 2.45) is 22.9 Å². The van der Waals surface area contributed by atoms with Crippen molar-refractivity contribution in [2.45, 2.75) is 157 Å². The van der Waals surface area contributed by atoms with Crippen LogP contribution in [0.5, 0.6) is 0 Å². The van der Waals surface area contributed by atoms with E-state index < -0.39 is 139 Å². The van der Waals surface area contributed by atoms with Crippen LogP contribution >= 0.6 is 12.6 Å². The second-order valence-electron chi connectivity index (χ2n) is 22.7. The van der Waals surface area contributed by atoms with Gasteiger partial charge in [0, 0.05) is 51.3 Å². The van der Waals surface area contributed by atoms with Crippen molar-refractivity contribution in [3.63, 3.8) is 0 Å². The fourth-order valence-corrected chi connectivity index (χ4v) is 11.3. The molecular weight excluding hydrogens is 1200 g/mol. The highest BCUT2D eigenvalue weighted by Gasteiger charge is 2.45. The van der Waals surface area contributed by atoms with Crippen LogP contribution in [0.15, 0.2) is 60.7 Å². The van der Waals surface area contributed by atoms with E-state index in [4.69, 9.17) is 33.8 Å². The first-order chi connectivity index (χ1) is 43.6. The number of carboxylic acids is 1. The molecular formula is C59H90N18O13S. The molecule has 10 atom stereocenters. The van der Waals surface area contributed by atoms with Crippen molar-refractivity contribution >= 4 is 89.6 Å². The van der Waals surface area contributed by atoms with Crippen molar-refractivity contribution in [2.75, 3.05) is 58.2 Å². The number of hydrogen-bond donors (Lipinski definition) is 18. The molecule has 10 amide bonds. The van der Waals surface area contributed by atoms with E-state index in [1.165, 1.54) is 9.80 Å². The third-order valence-electron chi connectivity index (χ3n) is 15.9. The molecule has 3 heterocycles. The lowest BCUT2D eigenvalue weighted by molar-refractivity contribution is -0.148. The molecule has 2 aromatic carbocycles. The van der Waals surface area contributed by atoms with Crippen LogP contribution in [0.3, 0.4) is 0 Å². The van der Waals surface area contributed by atoms with Gasteiger partial charge in [-0.25, -0.2) is 4.79 Å². The average molecular weight is 1290 g/mol. The number of carbonyl (C=O) groups excluding carboxylic acids is 10. The van der Waals surface area contributed by atoms with Crippen LogP contribution in [-0.2, 0) is 65.6 Å². The van der Waals surface area contributed by atoms with Crippen molar-refractivity contribution in [1.29, 1.82) is 10.8 Å². The van der Waals surface area contributed by atoms with Crippen LogP contribution in [0.2, 0.25) is 0 Å². The molecule has 3 fully saturated rings. The number of carbonyl (C=O) groups is 11. The van der Waals surface area contributed by atoms with Crippen LogP contribution in [0, 0.1) is 10.8 Å². The van der Waals surface area contributed by atoms with E-state index in [9.17, 15) is 63.0 Å². The smallest absolute Gasteiger partial charge is 0.327 e. The maximum absolute atomic E-state index is 14.4. The molecule has 500 valence electrons. The number of nitrogens with two attached hydrogens (primary N) is 4. The van der Waals surface area contributed by atoms with Gasteiger partial charge in [0.15, 0.2) is 11.9 Å². The van der Waals surface area contributed by atoms with Gasteiger partial charge in [0.25, 0.3) is 0 Å². The van der Waals surface area contributed by atoms with Crippen LogP contribution < -0.4 is 70.8 Å². The zero-order chi connectivity index (χ0) is 66.6. The first kappa shape index (κ1) is 73.1. The number of benzene rings is 2. The molecule has 0 unspecified atom stereocenters. The van der Waals surface area contributed by atoms with Gasteiger partial charge in [0.2, 0.25) is 59.1 Å². The zero-order valence-corrected chi connectivity index (χ0v) is 51.9. The Kier molecular flexibility index (Phi) is 30.1. The summed E-state index contributed by atoms with van der Waals surface area (Å²) in [4.78, 5) is 156. The second kappa shape index (κ2) is 37.5. The molecule has 0 bridgehead atoms. The number of hydrogen-bond acceptors (Lipinski definition) is 17. The molecule has 32 heteroatoms. The summed E-state index contributed by atoms with van der Waals surface area (Å²) in [6, 6.07) is 4.82. The first-order valence-electron chi connectivity index (χ1n) is 30.7. The highest BCUT2D eigenvalue weighted by molar-refractivity contribution is 7.80. The Labute approximate surface area is 533 Å². The van der Waals surface area contributed by atoms with E-state index in [1.807, 2.05) is 0 Å². The summed E-state index contributed by atoms with van der Waals surface area (Å²) in [6.07, 6.45) is 3.84. The predicted octanol–water partition coefficient (Wildman–Crippen LogP) is -4.54. The SMILES string of the molecule is N=C(N)NCCC[C@H](NC(=O)[C@H](Cc1ccccc1)NC(=O)[C@@H]1CCCN1C(=O)[C@H](CO)NC(=O)[C@H](Cc1ccccc1)NC(=O)CNC(=O)[C@@H]1CCCN1C(=O)[C@@H]1CCCN1C(=O)[C@H](CCCNC(=N)N)NC(=O)[C@@H](N)CCCCN)C(=O)N[C@@H](CS)C(=O)O. The Balaban J connectivity index is 1.24. The third-order valence-corrected chi connectivity index (χ3v) is 16.3. The van der Waals surface area contributed by atoms with E-state index in [0.717, 1.165) is 4.90 Å². The fourth-order valence-electron chi connectivity index (χ4n) is 11.1. The highest BCUT2D eigenvalue weighted by atomic mass is 32.1. The summed E-state index contributed by atoms with van der Waals surface area (Å²) in [5, 5.41) is 58.6. The third kappa shape index (κ3) is 23.0. The van der Waals surface area contributed by atoms with Crippen LogP contribution in [0.4, 0.5) is 0 Å². The standard InChI is InChI=1S/C59H90N18O13S/c60-24-8-7-18-37(61)48(80)71-39(20-10-26-67-59(64)65)54(86)77-29-13-23-46(77)56(88)76-28-11-21-44(76)52(84)68-32-47(79)69-40(30-35-14-3-1-4-15-35)50(82)73-42(33-78)55(87)75-27-12-22-45(75)53(85)72-41(31-36-16-5-2-6-17-36)51(83)70-38(19-9-25-66-58(62)63)49(81)74-43(34-91)57(89)90/h1-6,14-17,37-46,78,91H,7-13,18-34,60-61H2,(H,68,84)(H,69,79)(H,70,83)(H,71,80)(H,72,85)(H,73,82)(H,74,81)(H,89,90)(H4,62,63,66)(H4,64,65,67)/t37-,38-,39-,40-,41-,42-,43-,44-,45-,46-/m0/s1. The number of thiol groups is 1.